The van der Waals surface area contributed by atoms with Gasteiger partial charge < -0.3 is 5.21 Å². The van der Waals surface area contributed by atoms with Crippen molar-refractivity contribution in [3.05, 3.63) is 0 Å². The molecule has 1 fully saturated rings. The fraction of sp³-hybridized carbons (Fsp3) is 1.00. The van der Waals surface area contributed by atoms with E-state index in [0.717, 1.165) is 13.0 Å². The van der Waals surface area contributed by atoms with Gasteiger partial charge in [0.1, 0.15) is 0 Å². The number of nitrogens with zero attached hydrogens (tertiary/aromatic N) is 1. The van der Waals surface area contributed by atoms with Crippen molar-refractivity contribution < 1.29 is 15.0 Å². The molecule has 0 amide bonds. The molecule has 1 aliphatic rings. The molecule has 1 aliphatic heterocycles. The summed E-state index contributed by atoms with van der Waals surface area (Å²) in [5, 5.41) is 10.6. The van der Waals surface area contributed by atoms with Crippen molar-refractivity contribution in [3.63, 3.8) is 0 Å². The number of hydroxylamine groups is 2. The van der Waals surface area contributed by atoms with Gasteiger partial charge in [-0.1, -0.05) is 6.92 Å². The first-order valence-corrected chi connectivity index (χ1v) is 4.31. The molecular weight excluding hydrogens is 158 g/mol. The van der Waals surface area contributed by atoms with E-state index in [2.05, 4.69) is 11.8 Å². The molecule has 2 atom stereocenters. The van der Waals surface area contributed by atoms with Gasteiger partial charge >= 0.3 is 0 Å². The van der Waals surface area contributed by atoms with E-state index in [9.17, 15) is 5.21 Å². The molecule has 1 heterocycles. The smallest absolute Gasteiger partial charge is 0.0863 e. The molecular formula is C8H17NO3. The van der Waals surface area contributed by atoms with Crippen molar-refractivity contribution in [1.29, 1.82) is 0 Å². The third-order valence-corrected chi connectivity index (χ3v) is 2.15. The second-order valence-corrected chi connectivity index (χ2v) is 3.53. The van der Waals surface area contributed by atoms with Crippen LogP contribution in [0.1, 0.15) is 13.3 Å². The molecule has 4 nitrogen and oxygen atoms in total. The Kier molecular flexibility index (Phi) is 3.94. The Labute approximate surface area is 73.0 Å². The molecule has 0 unspecified atom stereocenters. The van der Waals surface area contributed by atoms with Crippen LogP contribution in [0.4, 0.5) is 0 Å². The summed E-state index contributed by atoms with van der Waals surface area (Å²) in [6, 6.07) is 0. The number of rotatable bonds is 3. The van der Waals surface area contributed by atoms with Crippen LogP contribution in [0.2, 0.25) is 0 Å². The molecule has 1 saturated heterocycles. The molecule has 1 N–H and O–H groups in total. The quantitative estimate of drug-likeness (QED) is 0.511. The summed E-state index contributed by atoms with van der Waals surface area (Å²) in [6.45, 7) is 4.15. The van der Waals surface area contributed by atoms with Gasteiger partial charge in [0.05, 0.1) is 13.7 Å². The fourth-order valence-electron chi connectivity index (χ4n) is 1.74. The summed E-state index contributed by atoms with van der Waals surface area (Å²) in [4.78, 5) is 9.35. The zero-order valence-electron chi connectivity index (χ0n) is 7.69. The van der Waals surface area contributed by atoms with E-state index in [1.807, 2.05) is 0 Å². The second kappa shape index (κ2) is 4.77. The van der Waals surface area contributed by atoms with Gasteiger partial charge in [0.2, 0.25) is 0 Å². The third-order valence-electron chi connectivity index (χ3n) is 2.15. The van der Waals surface area contributed by atoms with Crippen LogP contribution in [0.25, 0.3) is 0 Å². The second-order valence-electron chi connectivity index (χ2n) is 3.53. The van der Waals surface area contributed by atoms with Crippen LogP contribution in [-0.4, -0.2) is 37.1 Å². The summed E-state index contributed by atoms with van der Waals surface area (Å²) in [5.74, 6) is 0.924. The van der Waals surface area contributed by atoms with Gasteiger partial charge in [-0.25, -0.2) is 9.78 Å². The van der Waals surface area contributed by atoms with E-state index >= 15 is 0 Å². The Bertz CT molecular complexity index is 121. The maximum absolute atomic E-state index is 9.29. The minimum Gasteiger partial charge on any atom is -0.314 e. The Hall–Kier alpha value is -0.160. The first-order chi connectivity index (χ1) is 5.72. The maximum Gasteiger partial charge on any atom is 0.0863 e. The number of hydrogen-bond acceptors (Lipinski definition) is 4. The van der Waals surface area contributed by atoms with Crippen molar-refractivity contribution in [2.24, 2.45) is 11.8 Å². The van der Waals surface area contributed by atoms with Gasteiger partial charge in [-0.2, -0.15) is 5.06 Å². The average Bonchev–Trinajstić information content (AvgIpc) is 1.99. The number of hydrogen-bond donors (Lipinski definition) is 1. The van der Waals surface area contributed by atoms with Crippen LogP contribution in [-0.2, 0) is 9.78 Å². The molecule has 1 rings (SSSR count). The SMILES string of the molecule is COOC[C@@H]1C[C@H](C)CN(O)C1. The van der Waals surface area contributed by atoms with Crippen LogP contribution >= 0.6 is 0 Å². The standard InChI is InChI=1S/C8H17NO3/c1-7-3-8(6-12-11-2)5-9(10)4-7/h7-8,10H,3-6H2,1-2H3/t7-,8+/m0/s1. The average molecular weight is 175 g/mol. The highest BCUT2D eigenvalue weighted by Gasteiger charge is 2.23. The van der Waals surface area contributed by atoms with Crippen molar-refractivity contribution in [3.8, 4) is 0 Å². The summed E-state index contributed by atoms with van der Waals surface area (Å²) in [5.41, 5.74) is 0. The monoisotopic (exact) mass is 175 g/mol. The number of piperidine rings is 1. The summed E-state index contributed by atoms with van der Waals surface area (Å²) >= 11 is 0. The molecule has 4 heteroatoms. The Morgan fingerprint density at radius 3 is 2.83 bits per heavy atom. The third kappa shape index (κ3) is 3.06. The highest BCUT2D eigenvalue weighted by Crippen LogP contribution is 2.20. The first-order valence-electron chi connectivity index (χ1n) is 4.31. The Morgan fingerprint density at radius 1 is 1.50 bits per heavy atom. The van der Waals surface area contributed by atoms with Crippen molar-refractivity contribution in [2.75, 3.05) is 26.8 Å². The van der Waals surface area contributed by atoms with Crippen molar-refractivity contribution >= 4 is 0 Å². The minimum absolute atomic E-state index is 0.388. The lowest BCUT2D eigenvalue weighted by atomic mass is 9.92. The molecule has 0 saturated carbocycles. The van der Waals surface area contributed by atoms with E-state index in [1.165, 1.54) is 12.2 Å². The predicted molar refractivity (Wildman–Crippen MR) is 43.6 cm³/mol. The molecule has 0 radical (unpaired) electrons. The lowest BCUT2D eigenvalue weighted by Gasteiger charge is -2.31. The van der Waals surface area contributed by atoms with Crippen molar-refractivity contribution in [1.82, 2.24) is 5.06 Å². The van der Waals surface area contributed by atoms with Gasteiger partial charge in [-0.05, 0) is 12.3 Å². The molecule has 0 bridgehead atoms. The summed E-state index contributed by atoms with van der Waals surface area (Å²) < 4.78 is 0. The molecule has 0 aromatic carbocycles. The topological polar surface area (TPSA) is 41.9 Å². The van der Waals surface area contributed by atoms with Crippen LogP contribution in [0, 0.1) is 11.8 Å². The van der Waals surface area contributed by atoms with E-state index in [0.29, 0.717) is 25.0 Å². The molecule has 0 aliphatic carbocycles. The van der Waals surface area contributed by atoms with Gasteiger partial charge in [0.15, 0.2) is 0 Å². The molecule has 12 heavy (non-hydrogen) atoms. The highest BCUT2D eigenvalue weighted by atomic mass is 17.2. The Balaban J connectivity index is 2.24. The van der Waals surface area contributed by atoms with Crippen LogP contribution in [0.3, 0.4) is 0 Å². The fourth-order valence-corrected chi connectivity index (χ4v) is 1.74. The summed E-state index contributed by atoms with van der Waals surface area (Å²) in [6.07, 6.45) is 1.10. The van der Waals surface area contributed by atoms with E-state index < -0.39 is 0 Å². The van der Waals surface area contributed by atoms with Crippen LogP contribution in [0.5, 0.6) is 0 Å². The highest BCUT2D eigenvalue weighted by molar-refractivity contribution is 4.72. The van der Waals surface area contributed by atoms with Gasteiger partial charge in [-0.15, -0.1) is 0 Å². The van der Waals surface area contributed by atoms with Gasteiger partial charge in [0, 0.05) is 19.0 Å². The van der Waals surface area contributed by atoms with Crippen LogP contribution in [0.15, 0.2) is 0 Å². The lowest BCUT2D eigenvalue weighted by molar-refractivity contribution is -0.286. The molecule has 0 aromatic rings. The molecule has 0 spiro atoms. The predicted octanol–water partition coefficient (Wildman–Crippen LogP) is 0.912. The summed E-state index contributed by atoms with van der Waals surface area (Å²) in [7, 11) is 1.50. The van der Waals surface area contributed by atoms with Crippen LogP contribution < -0.4 is 0 Å². The van der Waals surface area contributed by atoms with Gasteiger partial charge in [-0.3, -0.25) is 0 Å². The minimum atomic E-state index is 0.388. The van der Waals surface area contributed by atoms with Gasteiger partial charge in [0.25, 0.3) is 0 Å². The van der Waals surface area contributed by atoms with Crippen molar-refractivity contribution in [2.45, 2.75) is 13.3 Å². The lowest BCUT2D eigenvalue weighted by Crippen LogP contribution is -2.38. The van der Waals surface area contributed by atoms with E-state index in [4.69, 9.17) is 4.89 Å². The normalized spacial score (nSPS) is 32.2. The zero-order valence-corrected chi connectivity index (χ0v) is 7.69. The largest absolute Gasteiger partial charge is 0.314 e. The molecule has 72 valence electrons. The van der Waals surface area contributed by atoms with E-state index in [-0.39, 0.29) is 0 Å². The maximum atomic E-state index is 9.29. The van der Waals surface area contributed by atoms with E-state index in [1.54, 1.807) is 0 Å². The Morgan fingerprint density at radius 2 is 2.25 bits per heavy atom. The molecule has 0 aromatic heterocycles. The zero-order chi connectivity index (χ0) is 8.97. The first kappa shape index (κ1) is 9.92.